The molecule has 0 aliphatic carbocycles. The number of pyridine rings is 1. The first kappa shape index (κ1) is 16.3. The monoisotopic (exact) mass is 261 g/mol. The normalized spacial score (nSPS) is 10.5. The summed E-state index contributed by atoms with van der Waals surface area (Å²) >= 11 is 0. The molecule has 0 saturated heterocycles. The molecule has 0 atom stereocenters. The van der Waals surface area contributed by atoms with E-state index in [2.05, 4.69) is 4.98 Å². The topological polar surface area (TPSA) is 57.7 Å². The Kier molecular flexibility index (Phi) is 9.96. The largest absolute Gasteiger partial charge is 0.474 e. The maximum atomic E-state index is 11.3. The lowest BCUT2D eigenvalue weighted by Gasteiger charge is -2.14. The molecule has 0 aromatic carbocycles. The number of nitrogens with zero attached hydrogens (tertiary/aromatic N) is 1. The van der Waals surface area contributed by atoms with Crippen molar-refractivity contribution in [3.63, 3.8) is 0 Å². The van der Waals surface area contributed by atoms with E-state index < -0.39 is 7.82 Å². The number of rotatable bonds is 6. The lowest BCUT2D eigenvalue weighted by molar-refractivity contribution is 0.126. The van der Waals surface area contributed by atoms with Crippen LogP contribution in [0.25, 0.3) is 0 Å². The molecule has 17 heavy (non-hydrogen) atoms. The third-order valence-corrected chi connectivity index (χ3v) is 3.15. The van der Waals surface area contributed by atoms with Crippen LogP contribution in [0.1, 0.15) is 20.8 Å². The van der Waals surface area contributed by atoms with E-state index in [1.807, 2.05) is 18.2 Å². The van der Waals surface area contributed by atoms with E-state index >= 15 is 0 Å². The number of phosphoric acid groups is 1. The van der Waals surface area contributed by atoms with Crippen LogP contribution in [0.4, 0.5) is 0 Å². The Balaban J connectivity index is 0.000000354. The van der Waals surface area contributed by atoms with Gasteiger partial charge < -0.3 is 0 Å². The number of phosphoric ester groups is 1. The molecule has 6 heteroatoms. The minimum absolute atomic E-state index is 0.331. The van der Waals surface area contributed by atoms with Gasteiger partial charge >= 0.3 is 7.82 Å². The number of aromatic nitrogens is 1. The minimum Gasteiger partial charge on any atom is -0.287 e. The molecule has 1 rings (SSSR count). The summed E-state index contributed by atoms with van der Waals surface area (Å²) in [5, 5.41) is 0. The van der Waals surface area contributed by atoms with Crippen molar-refractivity contribution in [1.82, 2.24) is 4.98 Å². The van der Waals surface area contributed by atoms with Crippen LogP contribution in [0, 0.1) is 0 Å². The highest BCUT2D eigenvalue weighted by molar-refractivity contribution is 7.48. The molecule has 0 bridgehead atoms. The number of hydrogen-bond donors (Lipinski definition) is 0. The Morgan fingerprint density at radius 3 is 1.47 bits per heavy atom. The van der Waals surface area contributed by atoms with Crippen molar-refractivity contribution in [2.24, 2.45) is 0 Å². The van der Waals surface area contributed by atoms with Crippen LogP contribution in [0.5, 0.6) is 0 Å². The summed E-state index contributed by atoms with van der Waals surface area (Å²) in [5.74, 6) is 0. The Morgan fingerprint density at radius 1 is 0.882 bits per heavy atom. The average Bonchev–Trinajstić information content (AvgIpc) is 2.33. The molecular weight excluding hydrogens is 241 g/mol. The summed E-state index contributed by atoms with van der Waals surface area (Å²) in [6.07, 6.45) is 3.50. The van der Waals surface area contributed by atoms with Gasteiger partial charge in [0, 0.05) is 12.4 Å². The first-order valence-corrected chi connectivity index (χ1v) is 7.03. The second-order valence-electron chi connectivity index (χ2n) is 2.73. The van der Waals surface area contributed by atoms with E-state index in [0.717, 1.165) is 0 Å². The van der Waals surface area contributed by atoms with Gasteiger partial charge in [0.1, 0.15) is 0 Å². The SMILES string of the molecule is CCOP(=O)(OCC)OCC.c1ccncc1. The first-order chi connectivity index (χ1) is 8.18. The van der Waals surface area contributed by atoms with Gasteiger partial charge in [0.25, 0.3) is 0 Å². The van der Waals surface area contributed by atoms with Crippen LogP contribution >= 0.6 is 7.82 Å². The Hall–Kier alpha value is -0.740. The summed E-state index contributed by atoms with van der Waals surface area (Å²) in [6, 6.07) is 5.72. The quantitative estimate of drug-likeness (QED) is 0.735. The third-order valence-electron chi connectivity index (χ3n) is 1.43. The second-order valence-corrected chi connectivity index (χ2v) is 4.39. The van der Waals surface area contributed by atoms with Crippen molar-refractivity contribution in [3.8, 4) is 0 Å². The zero-order valence-electron chi connectivity index (χ0n) is 10.5. The van der Waals surface area contributed by atoms with Gasteiger partial charge in [-0.25, -0.2) is 4.57 Å². The molecule has 0 amide bonds. The van der Waals surface area contributed by atoms with Gasteiger partial charge in [0.2, 0.25) is 0 Å². The fraction of sp³-hybridized carbons (Fsp3) is 0.545. The predicted molar refractivity (Wildman–Crippen MR) is 66.7 cm³/mol. The Bertz CT molecular complexity index is 257. The van der Waals surface area contributed by atoms with Gasteiger partial charge in [-0.2, -0.15) is 0 Å². The fourth-order valence-corrected chi connectivity index (χ4v) is 2.07. The molecule has 0 aliphatic heterocycles. The zero-order chi connectivity index (χ0) is 13.0. The molecule has 0 aliphatic rings. The third kappa shape index (κ3) is 9.01. The molecule has 1 heterocycles. The van der Waals surface area contributed by atoms with Gasteiger partial charge in [-0.15, -0.1) is 0 Å². The summed E-state index contributed by atoms with van der Waals surface area (Å²) in [7, 11) is -3.22. The fourth-order valence-electron chi connectivity index (χ4n) is 0.899. The Labute approximate surface area is 103 Å². The molecule has 0 radical (unpaired) electrons. The van der Waals surface area contributed by atoms with E-state index in [1.54, 1.807) is 33.2 Å². The molecular formula is C11H20NO4P. The molecule has 0 spiro atoms. The standard InChI is InChI=1S/C6H15O4P.C5H5N/c1-4-8-11(7,9-5-2)10-6-3;1-2-4-6-5-3-1/h4-6H2,1-3H3;1-5H. The van der Waals surface area contributed by atoms with Crippen LogP contribution in [-0.4, -0.2) is 24.8 Å². The van der Waals surface area contributed by atoms with Crippen molar-refractivity contribution >= 4 is 7.82 Å². The van der Waals surface area contributed by atoms with Crippen LogP contribution in [0.2, 0.25) is 0 Å². The highest BCUT2D eigenvalue weighted by atomic mass is 31.2. The van der Waals surface area contributed by atoms with Crippen LogP contribution < -0.4 is 0 Å². The van der Waals surface area contributed by atoms with E-state index in [9.17, 15) is 4.57 Å². The molecule has 0 saturated carbocycles. The average molecular weight is 261 g/mol. The molecule has 0 fully saturated rings. The smallest absolute Gasteiger partial charge is 0.287 e. The predicted octanol–water partition coefficient (Wildman–Crippen LogP) is 3.29. The van der Waals surface area contributed by atoms with Gasteiger partial charge in [-0.3, -0.25) is 18.6 Å². The van der Waals surface area contributed by atoms with Gasteiger partial charge in [-0.1, -0.05) is 6.07 Å². The molecule has 98 valence electrons. The molecule has 5 nitrogen and oxygen atoms in total. The van der Waals surface area contributed by atoms with Gasteiger partial charge in [0.15, 0.2) is 0 Å². The molecule has 0 unspecified atom stereocenters. The molecule has 0 N–H and O–H groups in total. The van der Waals surface area contributed by atoms with Crippen LogP contribution in [0.3, 0.4) is 0 Å². The van der Waals surface area contributed by atoms with Crippen molar-refractivity contribution < 1.29 is 18.1 Å². The zero-order valence-corrected chi connectivity index (χ0v) is 11.4. The van der Waals surface area contributed by atoms with Gasteiger partial charge in [-0.05, 0) is 32.9 Å². The Morgan fingerprint density at radius 2 is 1.29 bits per heavy atom. The minimum atomic E-state index is -3.22. The van der Waals surface area contributed by atoms with Crippen molar-refractivity contribution in [1.29, 1.82) is 0 Å². The maximum Gasteiger partial charge on any atom is 0.474 e. The molecule has 1 aromatic heterocycles. The molecule has 1 aromatic rings. The van der Waals surface area contributed by atoms with E-state index in [4.69, 9.17) is 13.6 Å². The first-order valence-electron chi connectivity index (χ1n) is 5.57. The van der Waals surface area contributed by atoms with E-state index in [0.29, 0.717) is 19.8 Å². The van der Waals surface area contributed by atoms with E-state index in [1.165, 1.54) is 0 Å². The summed E-state index contributed by atoms with van der Waals surface area (Å²) in [5.41, 5.74) is 0. The summed E-state index contributed by atoms with van der Waals surface area (Å²) < 4.78 is 25.8. The lowest BCUT2D eigenvalue weighted by atomic mass is 10.5. The van der Waals surface area contributed by atoms with Crippen molar-refractivity contribution in [2.45, 2.75) is 20.8 Å². The summed E-state index contributed by atoms with van der Waals surface area (Å²) in [6.45, 7) is 6.21. The van der Waals surface area contributed by atoms with E-state index in [-0.39, 0.29) is 0 Å². The maximum absolute atomic E-state index is 11.3. The van der Waals surface area contributed by atoms with Crippen molar-refractivity contribution in [2.75, 3.05) is 19.8 Å². The number of hydrogen-bond acceptors (Lipinski definition) is 5. The summed E-state index contributed by atoms with van der Waals surface area (Å²) in [4.78, 5) is 3.78. The lowest BCUT2D eigenvalue weighted by Crippen LogP contribution is -1.99. The second kappa shape index (κ2) is 10.4. The highest BCUT2D eigenvalue weighted by Crippen LogP contribution is 2.48. The van der Waals surface area contributed by atoms with Crippen LogP contribution in [0.15, 0.2) is 30.6 Å². The van der Waals surface area contributed by atoms with Crippen LogP contribution in [-0.2, 0) is 18.1 Å². The van der Waals surface area contributed by atoms with Crippen molar-refractivity contribution in [3.05, 3.63) is 30.6 Å². The van der Waals surface area contributed by atoms with Gasteiger partial charge in [0.05, 0.1) is 19.8 Å². The highest BCUT2D eigenvalue weighted by Gasteiger charge is 2.23.